The number of carbonyl (C=O) groups is 1. The third kappa shape index (κ3) is 3.51. The van der Waals surface area contributed by atoms with Gasteiger partial charge in [0, 0.05) is 24.7 Å². The summed E-state index contributed by atoms with van der Waals surface area (Å²) >= 11 is 0. The minimum Gasteiger partial charge on any atom is -0.348 e. The van der Waals surface area contributed by atoms with Crippen molar-refractivity contribution in [1.29, 1.82) is 0 Å². The molecule has 0 aliphatic carbocycles. The first-order valence-corrected chi connectivity index (χ1v) is 8.92. The van der Waals surface area contributed by atoms with Gasteiger partial charge in [0.1, 0.15) is 0 Å². The van der Waals surface area contributed by atoms with Gasteiger partial charge < -0.3 is 10.2 Å². The smallest absolute Gasteiger partial charge is 0.251 e. The van der Waals surface area contributed by atoms with Gasteiger partial charge in [-0.1, -0.05) is 42.5 Å². The van der Waals surface area contributed by atoms with Crippen LogP contribution in [-0.4, -0.2) is 36.5 Å². The van der Waals surface area contributed by atoms with E-state index in [0.717, 1.165) is 30.9 Å². The fourth-order valence-electron chi connectivity index (χ4n) is 4.04. The Morgan fingerprint density at radius 3 is 2.50 bits per heavy atom. The highest BCUT2D eigenvalue weighted by molar-refractivity contribution is 5.94. The predicted octanol–water partition coefficient (Wildman–Crippen LogP) is 3.10. The topological polar surface area (TPSA) is 32.3 Å². The molecular formula is C21H24N2O. The molecule has 1 N–H and O–H groups in total. The Hall–Kier alpha value is -2.13. The summed E-state index contributed by atoms with van der Waals surface area (Å²) in [6.07, 6.45) is 3.33. The molecule has 0 spiro atoms. The number of benzene rings is 2. The Morgan fingerprint density at radius 2 is 1.75 bits per heavy atom. The Bertz CT molecular complexity index is 684. The molecule has 3 atom stereocenters. The quantitative estimate of drug-likeness (QED) is 0.939. The van der Waals surface area contributed by atoms with Gasteiger partial charge in [-0.15, -0.1) is 0 Å². The molecule has 24 heavy (non-hydrogen) atoms. The zero-order valence-corrected chi connectivity index (χ0v) is 13.9. The second-order valence-electron chi connectivity index (χ2n) is 7.18. The van der Waals surface area contributed by atoms with E-state index < -0.39 is 0 Å². The highest BCUT2D eigenvalue weighted by Gasteiger charge is 2.32. The maximum atomic E-state index is 12.5. The summed E-state index contributed by atoms with van der Waals surface area (Å²) in [5.41, 5.74) is 3.29. The summed E-state index contributed by atoms with van der Waals surface area (Å²) in [6.45, 7) is 3.43. The van der Waals surface area contributed by atoms with E-state index in [-0.39, 0.29) is 5.91 Å². The lowest BCUT2D eigenvalue weighted by Gasteiger charge is -2.30. The van der Waals surface area contributed by atoms with Crippen LogP contribution in [0.3, 0.4) is 0 Å². The van der Waals surface area contributed by atoms with Crippen molar-refractivity contribution >= 4 is 5.91 Å². The number of piperidine rings is 1. The molecule has 4 rings (SSSR count). The molecule has 2 bridgehead atoms. The van der Waals surface area contributed by atoms with Crippen molar-refractivity contribution in [3.8, 4) is 0 Å². The molecule has 0 aromatic heterocycles. The first-order chi connectivity index (χ1) is 11.8. The monoisotopic (exact) mass is 320 g/mol. The number of carbonyl (C=O) groups excluding carboxylic acids is 1. The first-order valence-electron chi connectivity index (χ1n) is 8.92. The Labute approximate surface area is 143 Å². The molecule has 3 nitrogen and oxygen atoms in total. The molecule has 124 valence electrons. The largest absolute Gasteiger partial charge is 0.348 e. The number of fused-ring (bicyclic) bond motifs is 2. The fourth-order valence-corrected chi connectivity index (χ4v) is 4.04. The number of hydrogen-bond donors (Lipinski definition) is 1. The zero-order valence-electron chi connectivity index (χ0n) is 13.9. The van der Waals surface area contributed by atoms with Crippen molar-refractivity contribution in [1.82, 2.24) is 10.2 Å². The second-order valence-corrected chi connectivity index (χ2v) is 7.18. The van der Waals surface area contributed by atoms with Crippen LogP contribution >= 0.6 is 0 Å². The van der Waals surface area contributed by atoms with Crippen LogP contribution < -0.4 is 5.32 Å². The van der Waals surface area contributed by atoms with Crippen LogP contribution in [0.2, 0.25) is 0 Å². The Balaban J connectivity index is 1.36. The van der Waals surface area contributed by atoms with E-state index in [0.29, 0.717) is 6.04 Å². The van der Waals surface area contributed by atoms with Crippen LogP contribution in [0.4, 0.5) is 0 Å². The summed E-state index contributed by atoms with van der Waals surface area (Å²) in [5.74, 6) is 0.839. The maximum Gasteiger partial charge on any atom is 0.251 e. The van der Waals surface area contributed by atoms with Gasteiger partial charge >= 0.3 is 0 Å². The van der Waals surface area contributed by atoms with Crippen LogP contribution in [0, 0.1) is 5.92 Å². The first kappa shape index (κ1) is 15.4. The van der Waals surface area contributed by atoms with Crippen LogP contribution in [0.25, 0.3) is 0 Å². The summed E-state index contributed by atoms with van der Waals surface area (Å²) in [5, 5.41) is 3.22. The highest BCUT2D eigenvalue weighted by atomic mass is 16.1. The van der Waals surface area contributed by atoms with Gasteiger partial charge in [0.2, 0.25) is 0 Å². The van der Waals surface area contributed by atoms with Crippen LogP contribution in [0.15, 0.2) is 54.6 Å². The van der Waals surface area contributed by atoms with Crippen molar-refractivity contribution in [2.45, 2.75) is 25.3 Å². The second kappa shape index (κ2) is 6.78. The van der Waals surface area contributed by atoms with E-state index in [1.165, 1.54) is 30.6 Å². The number of amides is 1. The summed E-state index contributed by atoms with van der Waals surface area (Å²) in [4.78, 5) is 15.0. The van der Waals surface area contributed by atoms with Crippen molar-refractivity contribution in [3.05, 3.63) is 71.3 Å². The fraction of sp³-hybridized carbons (Fsp3) is 0.381. The van der Waals surface area contributed by atoms with Crippen molar-refractivity contribution in [3.63, 3.8) is 0 Å². The third-order valence-corrected chi connectivity index (χ3v) is 5.27. The molecule has 2 aliphatic rings. The standard InChI is InChI=1S/C21H24N2O/c24-21(22-20-13-18-10-11-23(14-18)15-20)19-8-6-17(7-9-19)12-16-4-2-1-3-5-16/h1-9,18,20H,10-15H2,(H,22,24)/t18-,20-/m1/s1. The lowest BCUT2D eigenvalue weighted by molar-refractivity contribution is 0.0909. The molecule has 2 heterocycles. The SMILES string of the molecule is O=C(N[C@@H]1C[C@H]2CCN(C2)C1)c1ccc(Cc2ccccc2)cc1. The van der Waals surface area contributed by atoms with Gasteiger partial charge in [-0.25, -0.2) is 0 Å². The predicted molar refractivity (Wildman–Crippen MR) is 96.1 cm³/mol. The summed E-state index contributed by atoms with van der Waals surface area (Å²) in [7, 11) is 0. The zero-order chi connectivity index (χ0) is 16.4. The van der Waals surface area contributed by atoms with Crippen LogP contribution in [0.1, 0.15) is 34.3 Å². The van der Waals surface area contributed by atoms with Crippen LogP contribution in [0.5, 0.6) is 0 Å². The van der Waals surface area contributed by atoms with Gasteiger partial charge in [-0.3, -0.25) is 4.79 Å². The third-order valence-electron chi connectivity index (χ3n) is 5.27. The average Bonchev–Trinajstić information content (AvgIpc) is 2.95. The molecule has 2 aromatic carbocycles. The van der Waals surface area contributed by atoms with E-state index in [4.69, 9.17) is 0 Å². The molecule has 0 saturated carbocycles. The molecule has 1 amide bonds. The Morgan fingerprint density at radius 1 is 1.00 bits per heavy atom. The minimum atomic E-state index is 0.0637. The van der Waals surface area contributed by atoms with Gasteiger partial charge in [-0.2, -0.15) is 0 Å². The van der Waals surface area contributed by atoms with Crippen molar-refractivity contribution in [2.24, 2.45) is 5.92 Å². The molecule has 2 aliphatic heterocycles. The maximum absolute atomic E-state index is 12.5. The van der Waals surface area contributed by atoms with E-state index in [9.17, 15) is 4.79 Å². The van der Waals surface area contributed by atoms with E-state index in [1.54, 1.807) is 0 Å². The molecule has 2 fully saturated rings. The number of nitrogens with zero attached hydrogens (tertiary/aromatic N) is 1. The summed E-state index contributed by atoms with van der Waals surface area (Å²) in [6, 6.07) is 18.8. The van der Waals surface area contributed by atoms with Gasteiger partial charge in [0.15, 0.2) is 0 Å². The number of hydrogen-bond acceptors (Lipinski definition) is 2. The van der Waals surface area contributed by atoms with E-state index >= 15 is 0 Å². The minimum absolute atomic E-state index is 0.0637. The average molecular weight is 320 g/mol. The van der Waals surface area contributed by atoms with Gasteiger partial charge in [-0.05, 0) is 55.0 Å². The van der Waals surface area contributed by atoms with Gasteiger partial charge in [0.25, 0.3) is 5.91 Å². The lowest BCUT2D eigenvalue weighted by atomic mass is 9.96. The highest BCUT2D eigenvalue weighted by Crippen LogP contribution is 2.26. The van der Waals surface area contributed by atoms with Crippen molar-refractivity contribution < 1.29 is 4.79 Å². The normalized spacial score (nSPS) is 25.4. The van der Waals surface area contributed by atoms with Crippen LogP contribution in [-0.2, 0) is 6.42 Å². The molecular weight excluding hydrogens is 296 g/mol. The summed E-state index contributed by atoms with van der Waals surface area (Å²) < 4.78 is 0. The van der Waals surface area contributed by atoms with Gasteiger partial charge in [0.05, 0.1) is 0 Å². The van der Waals surface area contributed by atoms with Crippen molar-refractivity contribution in [2.75, 3.05) is 19.6 Å². The lowest BCUT2D eigenvalue weighted by Crippen LogP contribution is -2.47. The molecule has 2 aromatic rings. The van der Waals surface area contributed by atoms with E-state index in [2.05, 4.69) is 46.6 Å². The molecule has 2 saturated heterocycles. The Kier molecular flexibility index (Phi) is 4.35. The molecule has 1 unspecified atom stereocenters. The van der Waals surface area contributed by atoms with E-state index in [1.807, 2.05) is 18.2 Å². The number of nitrogens with one attached hydrogen (secondary N) is 1. The number of rotatable bonds is 4. The molecule has 3 heteroatoms. The molecule has 0 radical (unpaired) electrons.